The average Bonchev–Trinajstić information content (AvgIpc) is 2.92. The highest BCUT2D eigenvalue weighted by molar-refractivity contribution is 7.81. The Kier molecular flexibility index (Phi) is 4.72. The van der Waals surface area contributed by atoms with Gasteiger partial charge in [0.05, 0.1) is 18.9 Å². The van der Waals surface area contributed by atoms with Gasteiger partial charge in [0, 0.05) is 30.2 Å². The van der Waals surface area contributed by atoms with Crippen LogP contribution in [0.25, 0.3) is 0 Å². The van der Waals surface area contributed by atoms with E-state index in [2.05, 4.69) is 17.0 Å². The van der Waals surface area contributed by atoms with Crippen LogP contribution in [0, 0.1) is 0 Å². The molecule has 2 saturated heterocycles. The highest BCUT2D eigenvalue weighted by Gasteiger charge is 2.41. The van der Waals surface area contributed by atoms with E-state index in [1.165, 1.54) is 0 Å². The molecule has 27 heavy (non-hydrogen) atoms. The Labute approximate surface area is 164 Å². The number of rotatable bonds is 3. The zero-order chi connectivity index (χ0) is 19.0. The third-order valence-electron chi connectivity index (χ3n) is 5.02. The van der Waals surface area contributed by atoms with Gasteiger partial charge in [-0.1, -0.05) is 0 Å². The maximum Gasteiger partial charge on any atom is 0.256 e. The molecule has 6 nitrogen and oxygen atoms in total. The molecule has 0 aliphatic carbocycles. The summed E-state index contributed by atoms with van der Waals surface area (Å²) >= 11 is 5.64. The normalized spacial score (nSPS) is 20.5. The van der Waals surface area contributed by atoms with Gasteiger partial charge in [0.15, 0.2) is 5.11 Å². The fourth-order valence-electron chi connectivity index (χ4n) is 3.51. The minimum atomic E-state index is -0.357. The van der Waals surface area contributed by atoms with Crippen molar-refractivity contribution in [1.82, 2.24) is 0 Å². The maximum atomic E-state index is 12.8. The van der Waals surface area contributed by atoms with Crippen molar-refractivity contribution in [2.24, 2.45) is 0 Å². The van der Waals surface area contributed by atoms with Crippen molar-refractivity contribution in [3.8, 4) is 0 Å². The molecule has 4 rings (SSSR count). The molecule has 2 aliphatic rings. The molecule has 2 aliphatic heterocycles. The van der Waals surface area contributed by atoms with Gasteiger partial charge in [0.25, 0.3) is 5.91 Å². The van der Waals surface area contributed by atoms with Gasteiger partial charge in [-0.25, -0.2) is 0 Å². The molecular formula is C20H22N4O2S. The van der Waals surface area contributed by atoms with Crippen LogP contribution in [0.4, 0.5) is 22.7 Å². The predicted molar refractivity (Wildman–Crippen MR) is 112 cm³/mol. The van der Waals surface area contributed by atoms with Gasteiger partial charge in [-0.15, -0.1) is 0 Å². The van der Waals surface area contributed by atoms with Crippen molar-refractivity contribution in [3.63, 3.8) is 0 Å². The van der Waals surface area contributed by atoms with E-state index in [-0.39, 0.29) is 11.9 Å². The summed E-state index contributed by atoms with van der Waals surface area (Å²) in [6.07, 6.45) is 0. The maximum absolute atomic E-state index is 12.8. The highest BCUT2D eigenvalue weighted by Crippen LogP contribution is 2.31. The predicted octanol–water partition coefficient (Wildman–Crippen LogP) is 2.63. The first kappa shape index (κ1) is 17.8. The molecule has 1 unspecified atom stereocenters. The Morgan fingerprint density at radius 1 is 0.963 bits per heavy atom. The molecule has 0 saturated carbocycles. The number of amides is 1. The van der Waals surface area contributed by atoms with E-state index in [9.17, 15) is 4.79 Å². The fourth-order valence-corrected chi connectivity index (χ4v) is 3.96. The van der Waals surface area contributed by atoms with Crippen LogP contribution in [0.5, 0.6) is 0 Å². The summed E-state index contributed by atoms with van der Waals surface area (Å²) in [5.41, 5.74) is 9.21. The Balaban J connectivity index is 1.58. The largest absolute Gasteiger partial charge is 0.399 e. The van der Waals surface area contributed by atoms with E-state index in [0.29, 0.717) is 10.8 Å². The number of benzene rings is 2. The highest BCUT2D eigenvalue weighted by atomic mass is 32.1. The second-order valence-corrected chi connectivity index (χ2v) is 7.07. The number of ether oxygens (including phenoxy) is 1. The average molecular weight is 382 g/mol. The van der Waals surface area contributed by atoms with E-state index < -0.39 is 0 Å². The number of nitrogens with two attached hydrogens (primary N) is 1. The topological polar surface area (TPSA) is 62.0 Å². The number of morpholine rings is 1. The Hall–Kier alpha value is -2.64. The van der Waals surface area contributed by atoms with E-state index in [1.807, 2.05) is 36.1 Å². The Morgan fingerprint density at radius 2 is 1.52 bits per heavy atom. The summed E-state index contributed by atoms with van der Waals surface area (Å²) < 4.78 is 5.41. The van der Waals surface area contributed by atoms with Gasteiger partial charge < -0.3 is 20.3 Å². The lowest BCUT2D eigenvalue weighted by atomic mass is 10.2. The number of carbonyl (C=O) groups excluding carboxylic acids is 1. The van der Waals surface area contributed by atoms with Crippen LogP contribution in [-0.2, 0) is 9.53 Å². The van der Waals surface area contributed by atoms with Crippen molar-refractivity contribution in [2.75, 3.05) is 46.7 Å². The van der Waals surface area contributed by atoms with Crippen molar-refractivity contribution in [2.45, 2.75) is 13.0 Å². The molecule has 7 heteroatoms. The van der Waals surface area contributed by atoms with Crippen molar-refractivity contribution in [1.29, 1.82) is 0 Å². The van der Waals surface area contributed by atoms with Crippen molar-refractivity contribution >= 4 is 46.0 Å². The summed E-state index contributed by atoms with van der Waals surface area (Å²) in [5, 5.41) is 0.483. The minimum Gasteiger partial charge on any atom is -0.399 e. The lowest BCUT2D eigenvalue weighted by molar-refractivity contribution is -0.117. The molecule has 2 N–H and O–H groups in total. The third kappa shape index (κ3) is 3.24. The van der Waals surface area contributed by atoms with E-state index in [1.54, 1.807) is 17.0 Å². The van der Waals surface area contributed by atoms with E-state index >= 15 is 0 Å². The van der Waals surface area contributed by atoms with E-state index in [4.69, 9.17) is 22.7 Å². The van der Waals surface area contributed by atoms with Gasteiger partial charge in [0.2, 0.25) is 0 Å². The quantitative estimate of drug-likeness (QED) is 0.650. The molecular weight excluding hydrogens is 360 g/mol. The summed E-state index contributed by atoms with van der Waals surface area (Å²) in [6, 6.07) is 15.0. The number of nitrogen functional groups attached to an aromatic ring is 1. The van der Waals surface area contributed by atoms with Crippen molar-refractivity contribution < 1.29 is 9.53 Å². The standard InChI is InChI=1S/C20H22N4O2S/c1-14-19(25)24(18-4-2-15(21)3-5-18)20(27)23(14)17-8-6-16(7-9-17)22-10-12-26-13-11-22/h2-9,14H,10-13,21H2,1H3. The minimum absolute atomic E-state index is 0.0398. The fraction of sp³-hybridized carbons (Fsp3) is 0.300. The van der Waals surface area contributed by atoms with Crippen LogP contribution in [0.1, 0.15) is 6.92 Å². The third-order valence-corrected chi connectivity index (χ3v) is 5.40. The SMILES string of the molecule is CC1C(=O)N(c2ccc(N)cc2)C(=S)N1c1ccc(N2CCOCC2)cc1. The second kappa shape index (κ2) is 7.17. The molecule has 2 fully saturated rings. The number of carbonyl (C=O) groups is 1. The first-order valence-corrected chi connectivity index (χ1v) is 9.42. The summed E-state index contributed by atoms with van der Waals surface area (Å²) in [4.78, 5) is 18.6. The molecule has 2 heterocycles. The molecule has 0 radical (unpaired) electrons. The van der Waals surface area contributed by atoms with Crippen LogP contribution in [0.2, 0.25) is 0 Å². The number of thiocarbonyl (C=S) groups is 1. The first-order valence-electron chi connectivity index (χ1n) is 9.02. The molecule has 0 bridgehead atoms. The van der Waals surface area contributed by atoms with Crippen LogP contribution in [0.3, 0.4) is 0 Å². The molecule has 1 amide bonds. The first-order chi connectivity index (χ1) is 13.1. The zero-order valence-corrected chi connectivity index (χ0v) is 16.0. The Morgan fingerprint density at radius 3 is 2.15 bits per heavy atom. The van der Waals surface area contributed by atoms with Crippen LogP contribution >= 0.6 is 12.2 Å². The number of anilines is 4. The number of hydrogen-bond donors (Lipinski definition) is 1. The smallest absolute Gasteiger partial charge is 0.256 e. The summed E-state index contributed by atoms with van der Waals surface area (Å²) in [7, 11) is 0. The lowest BCUT2D eigenvalue weighted by Crippen LogP contribution is -2.36. The second-order valence-electron chi connectivity index (χ2n) is 6.71. The summed E-state index contributed by atoms with van der Waals surface area (Å²) in [6.45, 7) is 5.16. The molecule has 2 aromatic rings. The van der Waals surface area contributed by atoms with Gasteiger partial charge in [-0.3, -0.25) is 9.69 Å². The number of nitrogens with zero attached hydrogens (tertiary/aromatic N) is 3. The van der Waals surface area contributed by atoms with Gasteiger partial charge in [0.1, 0.15) is 6.04 Å². The van der Waals surface area contributed by atoms with Gasteiger partial charge in [-0.2, -0.15) is 0 Å². The molecule has 1 atom stereocenters. The van der Waals surface area contributed by atoms with Crippen LogP contribution in [0.15, 0.2) is 48.5 Å². The number of hydrogen-bond acceptors (Lipinski definition) is 5. The summed E-state index contributed by atoms with van der Waals surface area (Å²) in [5.74, 6) is -0.0398. The van der Waals surface area contributed by atoms with E-state index in [0.717, 1.165) is 43.4 Å². The van der Waals surface area contributed by atoms with Crippen LogP contribution < -0.4 is 20.4 Å². The molecule has 0 aromatic heterocycles. The monoisotopic (exact) mass is 382 g/mol. The van der Waals surface area contributed by atoms with Crippen LogP contribution in [-0.4, -0.2) is 43.4 Å². The van der Waals surface area contributed by atoms with Gasteiger partial charge >= 0.3 is 0 Å². The molecule has 140 valence electrons. The van der Waals surface area contributed by atoms with Crippen molar-refractivity contribution in [3.05, 3.63) is 48.5 Å². The molecule has 2 aromatic carbocycles. The lowest BCUT2D eigenvalue weighted by Gasteiger charge is -2.29. The van der Waals surface area contributed by atoms with Gasteiger partial charge in [-0.05, 0) is 67.7 Å². The molecule has 0 spiro atoms. The zero-order valence-electron chi connectivity index (χ0n) is 15.2. The Bertz CT molecular complexity index is 847.